The molecular formula is C20H16N2O3S2. The van der Waals surface area contributed by atoms with Crippen molar-refractivity contribution in [3.05, 3.63) is 71.9 Å². The molecule has 3 atom stereocenters. The number of ketones is 1. The lowest BCUT2D eigenvalue weighted by Gasteiger charge is -2.45. The molecule has 0 spiro atoms. The molecule has 27 heavy (non-hydrogen) atoms. The van der Waals surface area contributed by atoms with Gasteiger partial charge < -0.3 is 4.74 Å². The number of fused-ring (bicyclic) bond motifs is 6. The zero-order chi connectivity index (χ0) is 18.8. The second-order valence-electron chi connectivity index (χ2n) is 6.92. The maximum Gasteiger partial charge on any atom is 0.270 e. The SMILES string of the molecule is CC(=O)[C@@H]1[C@H]2c3ccccc3O[C@@]1(C)N=c1s/c(=C\c3cccs3)c(=O)n12. The van der Waals surface area contributed by atoms with Crippen LogP contribution in [0.3, 0.4) is 0 Å². The minimum Gasteiger partial charge on any atom is -0.465 e. The highest BCUT2D eigenvalue weighted by atomic mass is 32.1. The molecule has 0 saturated carbocycles. The first kappa shape index (κ1) is 16.6. The highest BCUT2D eigenvalue weighted by molar-refractivity contribution is 7.11. The Morgan fingerprint density at radius 2 is 2.11 bits per heavy atom. The van der Waals surface area contributed by atoms with Crippen LogP contribution in [0.5, 0.6) is 5.75 Å². The average molecular weight is 396 g/mol. The molecule has 0 N–H and O–H groups in total. The van der Waals surface area contributed by atoms with E-state index in [2.05, 4.69) is 0 Å². The van der Waals surface area contributed by atoms with Crippen molar-refractivity contribution in [2.75, 3.05) is 0 Å². The molecule has 0 amide bonds. The van der Waals surface area contributed by atoms with Gasteiger partial charge in [0.05, 0.1) is 10.6 Å². The van der Waals surface area contributed by atoms with E-state index in [1.807, 2.05) is 54.8 Å². The van der Waals surface area contributed by atoms with E-state index in [1.165, 1.54) is 11.3 Å². The molecule has 3 aromatic rings. The van der Waals surface area contributed by atoms with E-state index in [9.17, 15) is 9.59 Å². The van der Waals surface area contributed by atoms with Crippen LogP contribution in [0.4, 0.5) is 0 Å². The van der Waals surface area contributed by atoms with Gasteiger partial charge in [-0.3, -0.25) is 14.2 Å². The number of benzene rings is 1. The molecule has 2 bridgehead atoms. The minimum atomic E-state index is -1.01. The maximum absolute atomic E-state index is 13.3. The molecule has 4 heterocycles. The minimum absolute atomic E-state index is 0.0340. The lowest BCUT2D eigenvalue weighted by atomic mass is 9.79. The van der Waals surface area contributed by atoms with Crippen LogP contribution in [0, 0.1) is 5.92 Å². The first-order valence-electron chi connectivity index (χ1n) is 8.63. The summed E-state index contributed by atoms with van der Waals surface area (Å²) >= 11 is 2.93. The van der Waals surface area contributed by atoms with Crippen molar-refractivity contribution in [1.29, 1.82) is 0 Å². The molecule has 0 unspecified atom stereocenters. The maximum atomic E-state index is 13.3. The number of thiophene rings is 1. The molecular weight excluding hydrogens is 380 g/mol. The Balaban J connectivity index is 1.85. The monoisotopic (exact) mass is 396 g/mol. The van der Waals surface area contributed by atoms with E-state index in [0.717, 1.165) is 10.4 Å². The van der Waals surface area contributed by atoms with Crippen molar-refractivity contribution in [2.24, 2.45) is 10.9 Å². The molecule has 0 aliphatic carbocycles. The Morgan fingerprint density at radius 1 is 1.30 bits per heavy atom. The van der Waals surface area contributed by atoms with Crippen molar-refractivity contribution >= 4 is 34.5 Å². The number of carbonyl (C=O) groups excluding carboxylic acids is 1. The number of hydrogen-bond donors (Lipinski definition) is 0. The fourth-order valence-corrected chi connectivity index (χ4v) is 5.88. The third-order valence-electron chi connectivity index (χ3n) is 5.13. The molecule has 2 aromatic heterocycles. The second-order valence-corrected chi connectivity index (χ2v) is 8.91. The van der Waals surface area contributed by atoms with Crippen molar-refractivity contribution in [3.63, 3.8) is 0 Å². The molecule has 0 saturated heterocycles. The highest BCUT2D eigenvalue weighted by Gasteiger charge is 2.53. The number of aromatic nitrogens is 1. The number of thiazole rings is 1. The Bertz CT molecular complexity index is 1240. The van der Waals surface area contributed by atoms with Gasteiger partial charge in [-0.25, -0.2) is 4.99 Å². The Labute approximate surface area is 162 Å². The van der Waals surface area contributed by atoms with E-state index in [-0.39, 0.29) is 11.3 Å². The van der Waals surface area contributed by atoms with Crippen LogP contribution in [0.25, 0.3) is 6.08 Å². The number of para-hydroxylation sites is 1. The summed E-state index contributed by atoms with van der Waals surface area (Å²) in [6.45, 7) is 3.38. The van der Waals surface area contributed by atoms with Gasteiger partial charge in [0.15, 0.2) is 4.80 Å². The molecule has 5 nitrogen and oxygen atoms in total. The summed E-state index contributed by atoms with van der Waals surface area (Å²) in [4.78, 5) is 32.2. The van der Waals surface area contributed by atoms with Crippen LogP contribution in [-0.4, -0.2) is 16.1 Å². The van der Waals surface area contributed by atoms with Gasteiger partial charge in [-0.1, -0.05) is 35.6 Å². The number of rotatable bonds is 2. The molecule has 0 radical (unpaired) electrons. The standard InChI is InChI=1S/C20H16N2O3S2/c1-11(23)16-17-13-7-3-4-8-14(13)25-20(16,2)21-19-22(17)18(24)15(27-19)10-12-6-5-9-26-12/h3-10,16-17H,1-2H3/b15-10-/t16-,17-,20-/m1/s1. The quantitative estimate of drug-likeness (QED) is 0.668. The summed E-state index contributed by atoms with van der Waals surface area (Å²) < 4.78 is 8.47. The van der Waals surface area contributed by atoms with Crippen LogP contribution in [0.1, 0.15) is 30.3 Å². The normalized spacial score (nSPS) is 25.9. The van der Waals surface area contributed by atoms with Gasteiger partial charge in [0.25, 0.3) is 5.56 Å². The van der Waals surface area contributed by atoms with Gasteiger partial charge in [-0.05, 0) is 37.4 Å². The predicted molar refractivity (Wildman–Crippen MR) is 105 cm³/mol. The lowest BCUT2D eigenvalue weighted by Crippen LogP contribution is -2.58. The van der Waals surface area contributed by atoms with Crippen LogP contribution in [0.2, 0.25) is 0 Å². The van der Waals surface area contributed by atoms with Gasteiger partial charge in [-0.2, -0.15) is 0 Å². The summed E-state index contributed by atoms with van der Waals surface area (Å²) in [5.41, 5.74) is -0.265. The van der Waals surface area contributed by atoms with Gasteiger partial charge in [0.1, 0.15) is 17.5 Å². The third-order valence-corrected chi connectivity index (χ3v) is 6.94. The average Bonchev–Trinajstić information content (AvgIpc) is 3.22. The van der Waals surface area contributed by atoms with Gasteiger partial charge >= 0.3 is 0 Å². The lowest BCUT2D eigenvalue weighted by molar-refractivity contribution is -0.132. The van der Waals surface area contributed by atoms with Gasteiger partial charge in [0, 0.05) is 10.4 Å². The summed E-state index contributed by atoms with van der Waals surface area (Å²) in [5, 5.41) is 1.98. The van der Waals surface area contributed by atoms with E-state index >= 15 is 0 Å². The zero-order valence-corrected chi connectivity index (χ0v) is 16.3. The Hall–Kier alpha value is -2.51. The number of carbonyl (C=O) groups is 1. The summed E-state index contributed by atoms with van der Waals surface area (Å²) in [6, 6.07) is 11.1. The number of Topliss-reactive ketones (excluding diaryl/α,β-unsaturated/α-hetero) is 1. The third kappa shape index (κ3) is 2.38. The molecule has 2 aliphatic rings. The molecule has 2 aliphatic heterocycles. The predicted octanol–water partition coefficient (Wildman–Crippen LogP) is 2.34. The van der Waals surface area contributed by atoms with E-state index in [4.69, 9.17) is 9.73 Å². The number of nitrogens with zero attached hydrogens (tertiary/aromatic N) is 2. The number of hydrogen-bond acceptors (Lipinski definition) is 6. The van der Waals surface area contributed by atoms with Crippen molar-refractivity contribution in [2.45, 2.75) is 25.6 Å². The topological polar surface area (TPSA) is 60.7 Å². The smallest absolute Gasteiger partial charge is 0.270 e. The van der Waals surface area contributed by atoms with Crippen LogP contribution in [0.15, 0.2) is 51.6 Å². The van der Waals surface area contributed by atoms with Crippen molar-refractivity contribution < 1.29 is 9.53 Å². The molecule has 0 fully saturated rings. The van der Waals surface area contributed by atoms with Crippen LogP contribution < -0.4 is 19.6 Å². The van der Waals surface area contributed by atoms with Crippen LogP contribution in [-0.2, 0) is 4.79 Å². The van der Waals surface area contributed by atoms with E-state index in [1.54, 1.807) is 22.8 Å². The number of ether oxygens (including phenoxy) is 1. The largest absolute Gasteiger partial charge is 0.465 e. The summed E-state index contributed by atoms with van der Waals surface area (Å²) in [5.74, 6) is 0.105. The summed E-state index contributed by atoms with van der Waals surface area (Å²) in [6.07, 6.45) is 1.89. The molecule has 1 aromatic carbocycles. The Morgan fingerprint density at radius 3 is 2.85 bits per heavy atom. The molecule has 5 rings (SSSR count). The van der Waals surface area contributed by atoms with Gasteiger partial charge in [0.2, 0.25) is 5.72 Å². The van der Waals surface area contributed by atoms with Crippen molar-refractivity contribution in [1.82, 2.24) is 4.57 Å². The Kier molecular flexibility index (Phi) is 3.54. The van der Waals surface area contributed by atoms with E-state index < -0.39 is 17.7 Å². The highest BCUT2D eigenvalue weighted by Crippen LogP contribution is 2.47. The summed E-state index contributed by atoms with van der Waals surface area (Å²) in [7, 11) is 0. The fourth-order valence-electron chi connectivity index (χ4n) is 4.06. The van der Waals surface area contributed by atoms with Crippen molar-refractivity contribution in [3.8, 4) is 5.75 Å². The fraction of sp³-hybridized carbons (Fsp3) is 0.250. The van der Waals surface area contributed by atoms with Gasteiger partial charge in [-0.15, -0.1) is 11.3 Å². The van der Waals surface area contributed by atoms with E-state index in [0.29, 0.717) is 15.1 Å². The van der Waals surface area contributed by atoms with Crippen LogP contribution >= 0.6 is 22.7 Å². The molecule has 136 valence electrons. The second kappa shape index (κ2) is 5.74. The first-order valence-corrected chi connectivity index (χ1v) is 10.3. The first-order chi connectivity index (χ1) is 13.0. The zero-order valence-electron chi connectivity index (χ0n) is 14.7. The molecule has 7 heteroatoms.